The molecule has 1 N–H and O–H groups in total. The van der Waals surface area contributed by atoms with Crippen molar-refractivity contribution in [1.82, 2.24) is 4.98 Å². The van der Waals surface area contributed by atoms with E-state index in [1.54, 1.807) is 0 Å². The van der Waals surface area contributed by atoms with Crippen LogP contribution in [0.25, 0.3) is 0 Å². The molecule has 1 aromatic heterocycles. The van der Waals surface area contributed by atoms with Crippen LogP contribution in [-0.4, -0.2) is 23.3 Å². The van der Waals surface area contributed by atoms with Gasteiger partial charge in [-0.2, -0.15) is 0 Å². The molecular formula is C8H8ClNO3. The summed E-state index contributed by atoms with van der Waals surface area (Å²) in [5.74, 6) is 0.862. The molecule has 1 aliphatic rings. The highest BCUT2D eigenvalue weighted by Crippen LogP contribution is 2.35. The predicted octanol–water partition coefficient (Wildman–Crippen LogP) is 0.998. The molecule has 5 heteroatoms. The summed E-state index contributed by atoms with van der Waals surface area (Å²) < 4.78 is 10.5. The minimum absolute atomic E-state index is 0.174. The molecule has 0 aromatic carbocycles. The van der Waals surface area contributed by atoms with Crippen LogP contribution in [-0.2, 0) is 6.61 Å². The van der Waals surface area contributed by atoms with Gasteiger partial charge in [-0.1, -0.05) is 11.6 Å². The second kappa shape index (κ2) is 3.40. The van der Waals surface area contributed by atoms with E-state index in [-0.39, 0.29) is 6.61 Å². The maximum atomic E-state index is 9.03. The number of rotatable bonds is 1. The largest absolute Gasteiger partial charge is 0.484 e. The highest BCUT2D eigenvalue weighted by molar-refractivity contribution is 6.31. The SMILES string of the molecule is OCc1c(Cl)cnc2c1OCCO2. The molecule has 4 nitrogen and oxygen atoms in total. The fourth-order valence-electron chi connectivity index (χ4n) is 1.17. The molecule has 0 radical (unpaired) electrons. The van der Waals surface area contributed by atoms with Crippen molar-refractivity contribution in [3.05, 3.63) is 16.8 Å². The monoisotopic (exact) mass is 201 g/mol. The summed E-state index contributed by atoms with van der Waals surface area (Å²) >= 11 is 5.80. The zero-order valence-corrected chi connectivity index (χ0v) is 7.54. The quantitative estimate of drug-likeness (QED) is 0.737. The Morgan fingerprint density at radius 2 is 2.23 bits per heavy atom. The first-order valence-electron chi connectivity index (χ1n) is 3.86. The van der Waals surface area contributed by atoms with Gasteiger partial charge in [-0.25, -0.2) is 4.98 Å². The van der Waals surface area contributed by atoms with Gasteiger partial charge in [-0.3, -0.25) is 0 Å². The molecule has 0 saturated carbocycles. The van der Waals surface area contributed by atoms with Crippen LogP contribution in [0.1, 0.15) is 5.56 Å². The Kier molecular flexibility index (Phi) is 2.24. The van der Waals surface area contributed by atoms with Gasteiger partial charge >= 0.3 is 0 Å². The first-order valence-corrected chi connectivity index (χ1v) is 4.24. The molecule has 0 spiro atoms. The van der Waals surface area contributed by atoms with Crippen LogP contribution in [0.5, 0.6) is 11.6 Å². The number of hydrogen-bond acceptors (Lipinski definition) is 4. The third-order valence-corrected chi connectivity index (χ3v) is 2.10. The van der Waals surface area contributed by atoms with E-state index in [0.717, 1.165) is 0 Å². The first-order chi connectivity index (χ1) is 6.33. The van der Waals surface area contributed by atoms with Gasteiger partial charge in [0.2, 0.25) is 0 Å². The number of aromatic nitrogens is 1. The summed E-state index contributed by atoms with van der Waals surface area (Å²) in [5.41, 5.74) is 0.534. The summed E-state index contributed by atoms with van der Waals surface area (Å²) in [6.45, 7) is 0.765. The van der Waals surface area contributed by atoms with Crippen molar-refractivity contribution in [3.8, 4) is 11.6 Å². The number of halogens is 1. The van der Waals surface area contributed by atoms with Gasteiger partial charge in [-0.15, -0.1) is 0 Å². The lowest BCUT2D eigenvalue weighted by Gasteiger charge is -2.19. The number of hydrogen-bond donors (Lipinski definition) is 1. The van der Waals surface area contributed by atoms with Gasteiger partial charge in [0.1, 0.15) is 13.2 Å². The molecule has 2 heterocycles. The lowest BCUT2D eigenvalue weighted by Crippen LogP contribution is -2.17. The Bertz CT molecular complexity index is 329. The van der Waals surface area contributed by atoms with Crippen molar-refractivity contribution in [1.29, 1.82) is 0 Å². The highest BCUT2D eigenvalue weighted by Gasteiger charge is 2.19. The Hall–Kier alpha value is -1.00. The van der Waals surface area contributed by atoms with Crippen LogP contribution < -0.4 is 9.47 Å². The van der Waals surface area contributed by atoms with Crippen LogP contribution in [0.15, 0.2) is 6.20 Å². The third kappa shape index (κ3) is 1.43. The molecule has 1 aromatic rings. The zero-order chi connectivity index (χ0) is 9.26. The maximum absolute atomic E-state index is 9.03. The van der Waals surface area contributed by atoms with Crippen molar-refractivity contribution >= 4 is 11.6 Å². The van der Waals surface area contributed by atoms with E-state index in [1.807, 2.05) is 0 Å². The molecule has 0 saturated heterocycles. The van der Waals surface area contributed by atoms with Crippen molar-refractivity contribution in [2.45, 2.75) is 6.61 Å². The smallest absolute Gasteiger partial charge is 0.257 e. The second-order valence-corrected chi connectivity index (χ2v) is 2.98. The maximum Gasteiger partial charge on any atom is 0.257 e. The average Bonchev–Trinajstić information content (AvgIpc) is 2.18. The highest BCUT2D eigenvalue weighted by atomic mass is 35.5. The Morgan fingerprint density at radius 1 is 1.46 bits per heavy atom. The second-order valence-electron chi connectivity index (χ2n) is 2.57. The average molecular weight is 202 g/mol. The Balaban J connectivity index is 2.52. The molecule has 70 valence electrons. The minimum Gasteiger partial charge on any atom is -0.484 e. The van der Waals surface area contributed by atoms with Crippen LogP contribution in [0.3, 0.4) is 0 Å². The third-order valence-electron chi connectivity index (χ3n) is 1.78. The molecule has 0 fully saturated rings. The number of pyridine rings is 1. The first kappa shape index (κ1) is 8.59. The van der Waals surface area contributed by atoms with Crippen LogP contribution in [0.2, 0.25) is 5.02 Å². The number of fused-ring (bicyclic) bond motifs is 1. The molecule has 0 unspecified atom stereocenters. The van der Waals surface area contributed by atoms with E-state index in [4.69, 9.17) is 26.2 Å². The molecular weight excluding hydrogens is 194 g/mol. The van der Waals surface area contributed by atoms with Crippen LogP contribution >= 0.6 is 11.6 Å². The number of nitrogens with zero attached hydrogens (tertiary/aromatic N) is 1. The molecule has 0 amide bonds. The Morgan fingerprint density at radius 3 is 3.00 bits per heavy atom. The van der Waals surface area contributed by atoms with Crippen LogP contribution in [0, 0.1) is 0 Å². The summed E-state index contributed by atoms with van der Waals surface area (Å²) in [4.78, 5) is 3.94. The number of aliphatic hydroxyl groups is 1. The van der Waals surface area contributed by atoms with E-state index in [0.29, 0.717) is 35.4 Å². The molecule has 0 bridgehead atoms. The number of aliphatic hydroxyl groups excluding tert-OH is 1. The lowest BCUT2D eigenvalue weighted by molar-refractivity contribution is 0.158. The fraction of sp³-hybridized carbons (Fsp3) is 0.375. The van der Waals surface area contributed by atoms with E-state index in [1.165, 1.54) is 6.20 Å². The lowest BCUT2D eigenvalue weighted by atomic mass is 10.2. The minimum atomic E-state index is -0.174. The predicted molar refractivity (Wildman–Crippen MR) is 46.2 cm³/mol. The van der Waals surface area contributed by atoms with E-state index in [2.05, 4.69) is 4.98 Å². The molecule has 2 rings (SSSR count). The van der Waals surface area contributed by atoms with E-state index >= 15 is 0 Å². The van der Waals surface area contributed by atoms with E-state index < -0.39 is 0 Å². The van der Waals surface area contributed by atoms with Gasteiger partial charge in [0.15, 0.2) is 5.75 Å². The molecule has 1 aliphatic heterocycles. The molecule has 0 aliphatic carbocycles. The Labute approximate surface area is 80.1 Å². The summed E-state index contributed by atoms with van der Waals surface area (Å²) in [6, 6.07) is 0. The van der Waals surface area contributed by atoms with Crippen molar-refractivity contribution in [3.63, 3.8) is 0 Å². The molecule has 0 atom stereocenters. The zero-order valence-electron chi connectivity index (χ0n) is 6.79. The van der Waals surface area contributed by atoms with Crippen molar-refractivity contribution in [2.75, 3.05) is 13.2 Å². The van der Waals surface area contributed by atoms with Gasteiger partial charge in [0, 0.05) is 5.56 Å². The van der Waals surface area contributed by atoms with Gasteiger partial charge in [0.05, 0.1) is 17.8 Å². The van der Waals surface area contributed by atoms with Crippen LogP contribution in [0.4, 0.5) is 0 Å². The van der Waals surface area contributed by atoms with Crippen molar-refractivity contribution in [2.24, 2.45) is 0 Å². The number of ether oxygens (including phenoxy) is 2. The summed E-state index contributed by atoms with van der Waals surface area (Å²) in [7, 11) is 0. The van der Waals surface area contributed by atoms with Gasteiger partial charge in [0.25, 0.3) is 5.88 Å². The van der Waals surface area contributed by atoms with Gasteiger partial charge < -0.3 is 14.6 Å². The van der Waals surface area contributed by atoms with Crippen molar-refractivity contribution < 1.29 is 14.6 Å². The van der Waals surface area contributed by atoms with Gasteiger partial charge in [-0.05, 0) is 0 Å². The molecule has 13 heavy (non-hydrogen) atoms. The summed E-state index contributed by atoms with van der Waals surface area (Å²) in [6.07, 6.45) is 1.45. The standard InChI is InChI=1S/C8H8ClNO3/c9-6-3-10-8-7(5(6)4-11)12-1-2-13-8/h3,11H,1-2,4H2. The summed E-state index contributed by atoms with van der Waals surface area (Å²) in [5, 5.41) is 9.42. The normalized spacial score (nSPS) is 14.3. The topological polar surface area (TPSA) is 51.6 Å². The fourth-order valence-corrected chi connectivity index (χ4v) is 1.36. The van der Waals surface area contributed by atoms with E-state index in [9.17, 15) is 0 Å².